The molecule has 0 aliphatic rings. The van der Waals surface area contributed by atoms with E-state index in [1.165, 1.54) is 0 Å². The lowest BCUT2D eigenvalue weighted by Gasteiger charge is -2.21. The first-order valence-corrected chi connectivity index (χ1v) is 7.16. The molecule has 0 aromatic carbocycles. The lowest BCUT2D eigenvalue weighted by atomic mass is 10.1. The third kappa shape index (κ3) is 5.51. The van der Waals surface area contributed by atoms with Gasteiger partial charge < -0.3 is 16.0 Å². The molecule has 2 amide bonds. The molecule has 21 heavy (non-hydrogen) atoms. The molecule has 6 heteroatoms. The van der Waals surface area contributed by atoms with Gasteiger partial charge in [-0.2, -0.15) is 0 Å². The predicted octanol–water partition coefficient (Wildman–Crippen LogP) is 0.530. The number of nitrogens with zero attached hydrogens (tertiary/aromatic N) is 2. The zero-order valence-corrected chi connectivity index (χ0v) is 12.9. The molecule has 0 fully saturated rings. The van der Waals surface area contributed by atoms with Crippen molar-refractivity contribution in [3.8, 4) is 0 Å². The summed E-state index contributed by atoms with van der Waals surface area (Å²) in [6.07, 6.45) is 1.69. The van der Waals surface area contributed by atoms with Crippen molar-refractivity contribution in [3.05, 3.63) is 30.1 Å². The average molecular weight is 292 g/mol. The molecule has 0 aliphatic heterocycles. The number of nitrogens with one attached hydrogen (secondary N) is 1. The Morgan fingerprint density at radius 3 is 2.62 bits per heavy atom. The van der Waals surface area contributed by atoms with Crippen LogP contribution < -0.4 is 11.1 Å². The Kier molecular flexibility index (Phi) is 6.81. The smallest absolute Gasteiger partial charge is 0.242 e. The van der Waals surface area contributed by atoms with Crippen LogP contribution in [-0.2, 0) is 16.1 Å². The second-order valence-electron chi connectivity index (χ2n) is 5.22. The summed E-state index contributed by atoms with van der Waals surface area (Å²) in [5.41, 5.74) is 6.55. The van der Waals surface area contributed by atoms with Gasteiger partial charge in [-0.25, -0.2) is 0 Å². The molecule has 1 aromatic rings. The normalized spacial score (nSPS) is 12.0. The van der Waals surface area contributed by atoms with Crippen molar-refractivity contribution in [3.63, 3.8) is 0 Å². The van der Waals surface area contributed by atoms with E-state index in [1.54, 1.807) is 11.1 Å². The Morgan fingerprint density at radius 1 is 1.38 bits per heavy atom. The fourth-order valence-electron chi connectivity index (χ4n) is 1.76. The minimum atomic E-state index is -0.594. The minimum absolute atomic E-state index is 0.0379. The Hall–Kier alpha value is -1.95. The van der Waals surface area contributed by atoms with E-state index in [4.69, 9.17) is 5.73 Å². The lowest BCUT2D eigenvalue weighted by molar-refractivity contribution is -0.133. The number of likely N-dealkylation sites (N-methyl/N-ethyl adjacent to an activating group) is 1. The molecule has 0 aliphatic carbocycles. The van der Waals surface area contributed by atoms with Crippen LogP contribution in [0.5, 0.6) is 0 Å². The van der Waals surface area contributed by atoms with Gasteiger partial charge in [0.15, 0.2) is 0 Å². The highest BCUT2D eigenvalue weighted by Crippen LogP contribution is 2.02. The van der Waals surface area contributed by atoms with Crippen LogP contribution in [0, 0.1) is 5.92 Å². The van der Waals surface area contributed by atoms with Crippen LogP contribution in [-0.4, -0.2) is 40.8 Å². The van der Waals surface area contributed by atoms with Gasteiger partial charge in [-0.05, 0) is 25.0 Å². The maximum absolute atomic E-state index is 12.1. The molecular formula is C15H24N4O2. The van der Waals surface area contributed by atoms with Gasteiger partial charge >= 0.3 is 0 Å². The van der Waals surface area contributed by atoms with E-state index >= 15 is 0 Å². The molecule has 1 atom stereocenters. The molecule has 0 saturated heterocycles. The van der Waals surface area contributed by atoms with Crippen molar-refractivity contribution in [2.45, 2.75) is 33.4 Å². The molecule has 0 saturated carbocycles. The zero-order chi connectivity index (χ0) is 15.8. The van der Waals surface area contributed by atoms with Gasteiger partial charge in [0, 0.05) is 12.7 Å². The predicted molar refractivity (Wildman–Crippen MR) is 81.2 cm³/mol. The number of nitrogens with two attached hydrogens (primary N) is 1. The summed E-state index contributed by atoms with van der Waals surface area (Å²) in [5, 5.41) is 2.59. The SMILES string of the molecule is CCN(Cc1ccccn1)C(=O)CNC(=O)[C@@H](N)C(C)C. The quantitative estimate of drug-likeness (QED) is 0.767. The topological polar surface area (TPSA) is 88.3 Å². The highest BCUT2D eigenvalue weighted by Gasteiger charge is 2.19. The van der Waals surface area contributed by atoms with Crippen LogP contribution in [0.15, 0.2) is 24.4 Å². The van der Waals surface area contributed by atoms with Crippen LogP contribution in [0.25, 0.3) is 0 Å². The van der Waals surface area contributed by atoms with Crippen molar-refractivity contribution in [2.75, 3.05) is 13.1 Å². The molecule has 1 heterocycles. The summed E-state index contributed by atoms with van der Waals surface area (Å²) >= 11 is 0. The minimum Gasteiger partial charge on any atom is -0.346 e. The van der Waals surface area contributed by atoms with Gasteiger partial charge in [0.05, 0.1) is 24.8 Å². The second-order valence-corrected chi connectivity index (χ2v) is 5.22. The number of rotatable bonds is 7. The van der Waals surface area contributed by atoms with Gasteiger partial charge in [0.25, 0.3) is 0 Å². The Labute approximate surface area is 125 Å². The van der Waals surface area contributed by atoms with Crippen LogP contribution >= 0.6 is 0 Å². The summed E-state index contributed by atoms with van der Waals surface area (Å²) in [7, 11) is 0. The zero-order valence-electron chi connectivity index (χ0n) is 12.9. The van der Waals surface area contributed by atoms with Gasteiger partial charge in [-0.15, -0.1) is 0 Å². The number of aromatic nitrogens is 1. The van der Waals surface area contributed by atoms with Gasteiger partial charge in [0.2, 0.25) is 11.8 Å². The van der Waals surface area contributed by atoms with E-state index < -0.39 is 6.04 Å². The fourth-order valence-corrected chi connectivity index (χ4v) is 1.76. The van der Waals surface area contributed by atoms with E-state index in [-0.39, 0.29) is 24.3 Å². The van der Waals surface area contributed by atoms with Crippen molar-refractivity contribution in [1.82, 2.24) is 15.2 Å². The molecule has 1 aromatic heterocycles. The Balaban J connectivity index is 2.50. The van der Waals surface area contributed by atoms with E-state index in [0.29, 0.717) is 13.1 Å². The lowest BCUT2D eigenvalue weighted by Crippen LogP contribution is -2.47. The van der Waals surface area contributed by atoms with Gasteiger partial charge in [0.1, 0.15) is 0 Å². The van der Waals surface area contributed by atoms with Crippen molar-refractivity contribution < 1.29 is 9.59 Å². The van der Waals surface area contributed by atoms with E-state index in [2.05, 4.69) is 10.3 Å². The third-order valence-electron chi connectivity index (χ3n) is 3.25. The number of carbonyl (C=O) groups is 2. The van der Waals surface area contributed by atoms with Crippen molar-refractivity contribution in [1.29, 1.82) is 0 Å². The number of amides is 2. The Bertz CT molecular complexity index is 462. The molecule has 0 unspecified atom stereocenters. The molecule has 116 valence electrons. The summed E-state index contributed by atoms with van der Waals surface area (Å²) < 4.78 is 0. The molecule has 6 nitrogen and oxygen atoms in total. The van der Waals surface area contributed by atoms with Crippen LogP contribution in [0.2, 0.25) is 0 Å². The maximum Gasteiger partial charge on any atom is 0.242 e. The standard InChI is InChI=1S/C15H24N4O2/c1-4-19(10-12-7-5-6-8-17-12)13(20)9-18-15(21)14(16)11(2)3/h5-8,11,14H,4,9-10,16H2,1-3H3,(H,18,21)/t14-/m0/s1. The summed E-state index contributed by atoms with van der Waals surface area (Å²) in [6, 6.07) is 4.98. The summed E-state index contributed by atoms with van der Waals surface area (Å²) in [4.78, 5) is 29.7. The maximum atomic E-state index is 12.1. The molecule has 1 rings (SSSR count). The molecule has 0 spiro atoms. The van der Waals surface area contributed by atoms with E-state index in [1.807, 2.05) is 39.0 Å². The van der Waals surface area contributed by atoms with Gasteiger partial charge in [-0.1, -0.05) is 19.9 Å². The van der Waals surface area contributed by atoms with Crippen LogP contribution in [0.3, 0.4) is 0 Å². The number of carbonyl (C=O) groups excluding carboxylic acids is 2. The summed E-state index contributed by atoms with van der Waals surface area (Å²) in [6.45, 7) is 6.57. The summed E-state index contributed by atoms with van der Waals surface area (Å²) in [5.74, 6) is -0.407. The molecule has 0 radical (unpaired) electrons. The van der Waals surface area contributed by atoms with Gasteiger partial charge in [-0.3, -0.25) is 14.6 Å². The molecule has 0 bridgehead atoms. The second kappa shape index (κ2) is 8.36. The Morgan fingerprint density at radius 2 is 2.10 bits per heavy atom. The van der Waals surface area contributed by atoms with Crippen LogP contribution in [0.4, 0.5) is 0 Å². The number of hydrogen-bond donors (Lipinski definition) is 2. The van der Waals surface area contributed by atoms with E-state index in [9.17, 15) is 9.59 Å². The van der Waals surface area contributed by atoms with Crippen LogP contribution in [0.1, 0.15) is 26.5 Å². The molecular weight excluding hydrogens is 268 g/mol. The van der Waals surface area contributed by atoms with Crippen molar-refractivity contribution >= 4 is 11.8 Å². The van der Waals surface area contributed by atoms with E-state index in [0.717, 1.165) is 5.69 Å². The largest absolute Gasteiger partial charge is 0.346 e. The number of pyridine rings is 1. The first-order valence-electron chi connectivity index (χ1n) is 7.16. The average Bonchev–Trinajstić information content (AvgIpc) is 2.49. The van der Waals surface area contributed by atoms with Crippen molar-refractivity contribution in [2.24, 2.45) is 11.7 Å². The fraction of sp³-hybridized carbons (Fsp3) is 0.533. The first kappa shape index (κ1) is 17.1. The monoisotopic (exact) mass is 292 g/mol. The first-order chi connectivity index (χ1) is 9.95. The molecule has 3 N–H and O–H groups in total. The highest BCUT2D eigenvalue weighted by molar-refractivity contribution is 5.87. The highest BCUT2D eigenvalue weighted by atomic mass is 16.2. The third-order valence-corrected chi connectivity index (χ3v) is 3.25. The number of hydrogen-bond acceptors (Lipinski definition) is 4.